The number of carbonyl (C=O) groups excluding carboxylic acids is 1. The van der Waals surface area contributed by atoms with Crippen LogP contribution in [0.1, 0.15) is 38.7 Å². The number of likely N-dealkylation sites (tertiary alicyclic amines) is 1. The van der Waals surface area contributed by atoms with Crippen molar-refractivity contribution in [2.24, 2.45) is 0 Å². The van der Waals surface area contributed by atoms with Gasteiger partial charge in [0.15, 0.2) is 11.5 Å². The summed E-state index contributed by atoms with van der Waals surface area (Å²) in [6.45, 7) is 2.00. The summed E-state index contributed by atoms with van der Waals surface area (Å²) < 4.78 is 34.6. The van der Waals surface area contributed by atoms with Crippen molar-refractivity contribution in [3.8, 4) is 11.5 Å². The van der Waals surface area contributed by atoms with E-state index >= 15 is 0 Å². The number of piperidine rings is 1. The molecule has 0 radical (unpaired) electrons. The highest BCUT2D eigenvalue weighted by Gasteiger charge is 2.21. The quantitative estimate of drug-likeness (QED) is 0.733. The van der Waals surface area contributed by atoms with Crippen LogP contribution >= 0.6 is 0 Å². The fourth-order valence-electron chi connectivity index (χ4n) is 2.78. The van der Waals surface area contributed by atoms with Crippen molar-refractivity contribution in [2.45, 2.75) is 45.8 Å². The highest BCUT2D eigenvalue weighted by atomic mass is 19.3. The van der Waals surface area contributed by atoms with Crippen LogP contribution in [0.3, 0.4) is 0 Å². The number of halogens is 2. The first-order chi connectivity index (χ1) is 11.5. The monoisotopic (exact) mass is 339 g/mol. The number of rotatable bonds is 6. The average Bonchev–Trinajstić information content (AvgIpc) is 2.55. The Kier molecular flexibility index (Phi) is 6.58. The van der Waals surface area contributed by atoms with Crippen LogP contribution in [0.2, 0.25) is 0 Å². The molecule has 1 amide bonds. The summed E-state index contributed by atoms with van der Waals surface area (Å²) in [7, 11) is 0. The van der Waals surface area contributed by atoms with Crippen molar-refractivity contribution in [1.82, 2.24) is 4.90 Å². The summed E-state index contributed by atoms with van der Waals surface area (Å²) in [6, 6.07) is 4.87. The first-order valence-electron chi connectivity index (χ1n) is 8.21. The highest BCUT2D eigenvalue weighted by molar-refractivity contribution is 5.92. The minimum Gasteiger partial charge on any atom is -0.490 e. The lowest BCUT2D eigenvalue weighted by molar-refractivity contribution is -0.129. The molecule has 1 heterocycles. The van der Waals surface area contributed by atoms with Crippen molar-refractivity contribution < 1.29 is 23.0 Å². The molecule has 1 saturated heterocycles. The maximum absolute atomic E-state index is 12.4. The summed E-state index contributed by atoms with van der Waals surface area (Å²) >= 11 is 0. The topological polar surface area (TPSA) is 38.8 Å². The summed E-state index contributed by atoms with van der Waals surface area (Å²) in [4.78, 5) is 14.1. The predicted molar refractivity (Wildman–Crippen MR) is 88.3 cm³/mol. The second-order valence-corrected chi connectivity index (χ2v) is 5.73. The van der Waals surface area contributed by atoms with Crippen molar-refractivity contribution in [1.29, 1.82) is 0 Å². The summed E-state index contributed by atoms with van der Waals surface area (Å²) in [6.07, 6.45) is 6.38. The molecule has 1 aromatic carbocycles. The molecule has 0 aromatic heterocycles. The fraction of sp³-hybridized carbons (Fsp3) is 0.500. The molecule has 1 aliphatic heterocycles. The Morgan fingerprint density at radius 1 is 1.38 bits per heavy atom. The minimum absolute atomic E-state index is 0.0139. The Labute approximate surface area is 141 Å². The van der Waals surface area contributed by atoms with Gasteiger partial charge in [0.25, 0.3) is 0 Å². The number of alkyl halides is 2. The molecule has 6 heteroatoms. The Morgan fingerprint density at radius 2 is 2.17 bits per heavy atom. The number of benzene rings is 1. The third-order valence-corrected chi connectivity index (χ3v) is 3.99. The highest BCUT2D eigenvalue weighted by Crippen LogP contribution is 2.30. The normalized spacial score (nSPS) is 18.2. The molecule has 0 spiro atoms. The van der Waals surface area contributed by atoms with Crippen LogP contribution in [0.4, 0.5) is 8.78 Å². The van der Waals surface area contributed by atoms with Gasteiger partial charge in [-0.05, 0) is 56.9 Å². The Morgan fingerprint density at radius 3 is 2.83 bits per heavy atom. The lowest BCUT2D eigenvalue weighted by atomic mass is 10.0. The largest absolute Gasteiger partial charge is 0.490 e. The lowest BCUT2D eigenvalue weighted by Crippen LogP contribution is -2.41. The van der Waals surface area contributed by atoms with Crippen LogP contribution in [0.25, 0.3) is 6.08 Å². The Hall–Kier alpha value is -2.11. The van der Waals surface area contributed by atoms with Gasteiger partial charge in [0.1, 0.15) is 0 Å². The van der Waals surface area contributed by atoms with Crippen molar-refractivity contribution in [3.63, 3.8) is 0 Å². The number of hydrogen-bond acceptors (Lipinski definition) is 3. The molecule has 0 saturated carbocycles. The average molecular weight is 339 g/mol. The van der Waals surface area contributed by atoms with Crippen LogP contribution in [-0.4, -0.2) is 36.6 Å². The van der Waals surface area contributed by atoms with Crippen LogP contribution < -0.4 is 9.47 Å². The van der Waals surface area contributed by atoms with E-state index < -0.39 is 6.61 Å². The molecule has 1 aliphatic rings. The van der Waals surface area contributed by atoms with Crippen LogP contribution in [-0.2, 0) is 4.79 Å². The summed E-state index contributed by atoms with van der Waals surface area (Å²) in [5, 5.41) is 0. The van der Waals surface area contributed by atoms with Gasteiger partial charge >= 0.3 is 6.61 Å². The van der Waals surface area contributed by atoms with E-state index in [1.165, 1.54) is 12.1 Å². The molecule has 0 aliphatic carbocycles. The van der Waals surface area contributed by atoms with E-state index in [4.69, 9.17) is 4.74 Å². The first kappa shape index (κ1) is 18.2. The van der Waals surface area contributed by atoms with E-state index in [0.29, 0.717) is 12.2 Å². The van der Waals surface area contributed by atoms with E-state index in [-0.39, 0.29) is 23.4 Å². The van der Waals surface area contributed by atoms with E-state index in [2.05, 4.69) is 11.7 Å². The van der Waals surface area contributed by atoms with E-state index in [1.807, 2.05) is 4.90 Å². The van der Waals surface area contributed by atoms with Crippen LogP contribution in [0.15, 0.2) is 24.3 Å². The number of amides is 1. The first-order valence-corrected chi connectivity index (χ1v) is 8.21. The Balaban J connectivity index is 2.10. The second kappa shape index (κ2) is 8.66. The van der Waals surface area contributed by atoms with Crippen molar-refractivity contribution in [3.05, 3.63) is 29.8 Å². The maximum Gasteiger partial charge on any atom is 0.387 e. The predicted octanol–water partition coefficient (Wildman–Crippen LogP) is 4.10. The zero-order chi connectivity index (χ0) is 17.5. The third-order valence-electron chi connectivity index (χ3n) is 3.99. The minimum atomic E-state index is -2.91. The van der Waals surface area contributed by atoms with Gasteiger partial charge in [-0.2, -0.15) is 8.78 Å². The molecule has 0 bridgehead atoms. The molecule has 24 heavy (non-hydrogen) atoms. The van der Waals surface area contributed by atoms with Gasteiger partial charge in [-0.3, -0.25) is 4.79 Å². The molecular formula is C18H23F2NO3. The van der Waals surface area contributed by atoms with Gasteiger partial charge < -0.3 is 14.4 Å². The van der Waals surface area contributed by atoms with Crippen LogP contribution in [0.5, 0.6) is 11.5 Å². The number of hydrogen-bond donors (Lipinski definition) is 0. The van der Waals surface area contributed by atoms with Crippen molar-refractivity contribution >= 4 is 12.0 Å². The van der Waals surface area contributed by atoms with Crippen molar-refractivity contribution in [2.75, 3.05) is 13.2 Å². The van der Waals surface area contributed by atoms with E-state index in [0.717, 1.165) is 25.8 Å². The molecule has 1 atom stereocenters. The summed E-state index contributed by atoms with van der Waals surface area (Å²) in [5.74, 6) is 0.187. The molecular weight excluding hydrogens is 316 g/mol. The van der Waals surface area contributed by atoms with Gasteiger partial charge in [-0.1, -0.05) is 6.07 Å². The van der Waals surface area contributed by atoms with Gasteiger partial charge in [-0.25, -0.2) is 0 Å². The van der Waals surface area contributed by atoms with Gasteiger partial charge in [0.2, 0.25) is 5.91 Å². The number of carbonyl (C=O) groups is 1. The van der Waals surface area contributed by atoms with Crippen LogP contribution in [0, 0.1) is 0 Å². The van der Waals surface area contributed by atoms with Gasteiger partial charge in [0, 0.05) is 18.7 Å². The molecule has 0 N–H and O–H groups in total. The SMILES string of the molecule is CCOc1cc(/C=C\C(=O)N2CCCCC2C)ccc1OC(F)F. The molecule has 2 rings (SSSR count). The number of nitrogens with zero attached hydrogens (tertiary/aromatic N) is 1. The zero-order valence-corrected chi connectivity index (χ0v) is 14.0. The molecule has 1 unspecified atom stereocenters. The standard InChI is InChI=1S/C18H23F2NO3/c1-3-23-16-12-14(7-9-15(16)24-18(19)20)8-10-17(22)21-11-5-4-6-13(21)2/h7-10,12-13,18H,3-6,11H2,1-2H3/b10-8-. The van der Waals surface area contributed by atoms with E-state index in [1.54, 1.807) is 25.1 Å². The molecule has 4 nitrogen and oxygen atoms in total. The van der Waals surface area contributed by atoms with Gasteiger partial charge in [0.05, 0.1) is 6.61 Å². The van der Waals surface area contributed by atoms with Gasteiger partial charge in [-0.15, -0.1) is 0 Å². The molecule has 132 valence electrons. The zero-order valence-electron chi connectivity index (χ0n) is 14.0. The Bertz CT molecular complexity index is 590. The summed E-state index contributed by atoms with van der Waals surface area (Å²) in [5.41, 5.74) is 0.693. The molecule has 1 fully saturated rings. The third kappa shape index (κ3) is 4.94. The fourth-order valence-corrected chi connectivity index (χ4v) is 2.78. The number of ether oxygens (including phenoxy) is 2. The maximum atomic E-state index is 12.4. The van der Waals surface area contributed by atoms with E-state index in [9.17, 15) is 13.6 Å². The smallest absolute Gasteiger partial charge is 0.387 e. The second-order valence-electron chi connectivity index (χ2n) is 5.73. The lowest BCUT2D eigenvalue weighted by Gasteiger charge is -2.32. The molecule has 1 aromatic rings.